The van der Waals surface area contributed by atoms with Crippen molar-refractivity contribution in [3.63, 3.8) is 0 Å². The quantitative estimate of drug-likeness (QED) is 0.498. The molecular formula is C25H27F3N4O2. The maximum absolute atomic E-state index is 13.2. The first-order valence-electron chi connectivity index (χ1n) is 11.3. The van der Waals surface area contributed by atoms with Gasteiger partial charge in [-0.05, 0) is 55.3 Å². The Bertz CT molecular complexity index is 1050. The molecule has 0 atom stereocenters. The lowest BCUT2D eigenvalue weighted by molar-refractivity contribution is -0.137. The topological polar surface area (TPSA) is 61.6 Å². The minimum absolute atomic E-state index is 0.0537. The Morgan fingerprint density at radius 2 is 1.94 bits per heavy atom. The van der Waals surface area contributed by atoms with Gasteiger partial charge in [0.1, 0.15) is 5.76 Å². The van der Waals surface area contributed by atoms with Gasteiger partial charge < -0.3 is 19.5 Å². The number of nitrogens with zero attached hydrogens (tertiary/aromatic N) is 3. The van der Waals surface area contributed by atoms with E-state index in [1.54, 1.807) is 29.5 Å². The van der Waals surface area contributed by atoms with Gasteiger partial charge in [-0.1, -0.05) is 12.1 Å². The number of carbonyl (C=O) groups is 1. The van der Waals surface area contributed by atoms with E-state index in [2.05, 4.69) is 15.2 Å². The number of likely N-dealkylation sites (tertiary alicyclic amines) is 1. The molecule has 34 heavy (non-hydrogen) atoms. The molecule has 0 spiro atoms. The maximum atomic E-state index is 13.2. The monoisotopic (exact) mass is 472 g/mol. The second kappa shape index (κ2) is 10.7. The van der Waals surface area contributed by atoms with Gasteiger partial charge in [0.25, 0.3) is 0 Å². The summed E-state index contributed by atoms with van der Waals surface area (Å²) in [7, 11) is 0. The molecule has 1 aliphatic heterocycles. The average Bonchev–Trinajstić information content (AvgIpc) is 3.35. The lowest BCUT2D eigenvalue weighted by Gasteiger charge is -2.38. The van der Waals surface area contributed by atoms with E-state index in [-0.39, 0.29) is 18.3 Å². The van der Waals surface area contributed by atoms with Crippen LogP contribution in [-0.2, 0) is 19.1 Å². The van der Waals surface area contributed by atoms with Gasteiger partial charge in [0, 0.05) is 49.7 Å². The van der Waals surface area contributed by atoms with Crippen LogP contribution in [-0.4, -0.2) is 46.5 Å². The highest BCUT2D eigenvalue weighted by Crippen LogP contribution is 2.31. The van der Waals surface area contributed by atoms with E-state index in [1.165, 1.54) is 12.1 Å². The van der Waals surface area contributed by atoms with Crippen LogP contribution in [0.4, 0.5) is 23.7 Å². The zero-order valence-corrected chi connectivity index (χ0v) is 18.7. The van der Waals surface area contributed by atoms with Crippen molar-refractivity contribution in [2.45, 2.75) is 38.0 Å². The fourth-order valence-electron chi connectivity index (χ4n) is 4.18. The first kappa shape index (κ1) is 23.8. The van der Waals surface area contributed by atoms with E-state index < -0.39 is 17.8 Å². The molecule has 2 amide bonds. The molecule has 0 bridgehead atoms. The number of anilines is 1. The molecule has 0 aliphatic carbocycles. The van der Waals surface area contributed by atoms with Crippen molar-refractivity contribution < 1.29 is 22.4 Å². The Labute approximate surface area is 196 Å². The number of rotatable bonds is 7. The van der Waals surface area contributed by atoms with Crippen molar-refractivity contribution in [3.8, 4) is 0 Å². The van der Waals surface area contributed by atoms with Gasteiger partial charge in [-0.25, -0.2) is 4.79 Å². The second-order valence-corrected chi connectivity index (χ2v) is 8.36. The van der Waals surface area contributed by atoms with Crippen LogP contribution >= 0.6 is 0 Å². The SMILES string of the molecule is O=C(Nc1cccc(C(F)(F)F)c1)N(Cc1ccco1)C1CCN(CCc2ccccn2)CC1. The normalized spacial score (nSPS) is 15.3. The average molecular weight is 473 g/mol. The van der Waals surface area contributed by atoms with E-state index in [9.17, 15) is 18.0 Å². The molecule has 2 aromatic heterocycles. The highest BCUT2D eigenvalue weighted by Gasteiger charge is 2.32. The van der Waals surface area contributed by atoms with Gasteiger partial charge in [0.2, 0.25) is 0 Å². The molecular weight excluding hydrogens is 445 g/mol. The Morgan fingerprint density at radius 3 is 2.62 bits per heavy atom. The molecule has 3 heterocycles. The predicted molar refractivity (Wildman–Crippen MR) is 122 cm³/mol. The summed E-state index contributed by atoms with van der Waals surface area (Å²) in [5, 5.41) is 2.65. The van der Waals surface area contributed by atoms with Crippen LogP contribution < -0.4 is 5.32 Å². The maximum Gasteiger partial charge on any atom is 0.416 e. The minimum Gasteiger partial charge on any atom is -0.467 e. The molecule has 3 aromatic rings. The van der Waals surface area contributed by atoms with Gasteiger partial charge in [0.15, 0.2) is 0 Å². The van der Waals surface area contributed by atoms with E-state index in [4.69, 9.17) is 4.42 Å². The Morgan fingerprint density at radius 1 is 1.12 bits per heavy atom. The van der Waals surface area contributed by atoms with Crippen LogP contribution in [0.5, 0.6) is 0 Å². The molecule has 0 radical (unpaired) electrons. The number of pyridine rings is 1. The molecule has 1 N–H and O–H groups in total. The minimum atomic E-state index is -4.48. The Balaban J connectivity index is 1.40. The lowest BCUT2D eigenvalue weighted by atomic mass is 10.0. The molecule has 1 aliphatic rings. The van der Waals surface area contributed by atoms with Crippen LogP contribution in [0.3, 0.4) is 0 Å². The van der Waals surface area contributed by atoms with Crippen LogP contribution in [0, 0.1) is 0 Å². The number of benzene rings is 1. The molecule has 1 aromatic carbocycles. The smallest absolute Gasteiger partial charge is 0.416 e. The third kappa shape index (κ3) is 6.38. The zero-order valence-electron chi connectivity index (χ0n) is 18.7. The van der Waals surface area contributed by atoms with E-state index in [0.717, 1.165) is 56.7 Å². The molecule has 4 rings (SSSR count). The van der Waals surface area contributed by atoms with Crippen LogP contribution in [0.1, 0.15) is 29.9 Å². The summed E-state index contributed by atoms with van der Waals surface area (Å²) in [5.41, 5.74) is 0.352. The fourth-order valence-corrected chi connectivity index (χ4v) is 4.18. The third-order valence-electron chi connectivity index (χ3n) is 6.02. The molecule has 9 heteroatoms. The summed E-state index contributed by atoms with van der Waals surface area (Å²) >= 11 is 0. The largest absolute Gasteiger partial charge is 0.467 e. The van der Waals surface area contributed by atoms with Gasteiger partial charge in [-0.2, -0.15) is 13.2 Å². The van der Waals surface area contributed by atoms with Crippen molar-refractivity contribution in [1.29, 1.82) is 0 Å². The number of alkyl halides is 3. The number of urea groups is 1. The molecule has 0 unspecified atom stereocenters. The summed E-state index contributed by atoms with van der Waals surface area (Å²) in [6.07, 6.45) is 1.24. The number of halogens is 3. The number of hydrogen-bond acceptors (Lipinski definition) is 4. The van der Waals surface area contributed by atoms with Gasteiger partial charge in [-0.15, -0.1) is 0 Å². The summed E-state index contributed by atoms with van der Waals surface area (Å²) in [5.74, 6) is 0.622. The number of aromatic nitrogens is 1. The van der Waals surface area contributed by atoms with Crippen LogP contribution in [0.25, 0.3) is 0 Å². The summed E-state index contributed by atoms with van der Waals surface area (Å²) in [6.45, 7) is 2.78. The van der Waals surface area contributed by atoms with Crippen molar-refractivity contribution in [2.24, 2.45) is 0 Å². The standard InChI is InChI=1S/C25H27F3N4O2/c26-25(27,28)19-5-3-7-21(17-19)30-24(33)32(18-23-8-4-16-34-23)22-10-14-31(15-11-22)13-9-20-6-1-2-12-29-20/h1-8,12,16-17,22H,9-11,13-15,18H2,(H,30,33). The number of carbonyl (C=O) groups excluding carboxylic acids is 1. The Hall–Kier alpha value is -3.33. The summed E-state index contributed by atoms with van der Waals surface area (Å²) < 4.78 is 44.7. The van der Waals surface area contributed by atoms with E-state index in [1.807, 2.05) is 18.2 Å². The Kier molecular flexibility index (Phi) is 7.52. The van der Waals surface area contributed by atoms with E-state index >= 15 is 0 Å². The number of amides is 2. The van der Waals surface area contributed by atoms with Crippen LogP contribution in [0.15, 0.2) is 71.5 Å². The van der Waals surface area contributed by atoms with Crippen LogP contribution in [0.2, 0.25) is 0 Å². The highest BCUT2D eigenvalue weighted by atomic mass is 19.4. The van der Waals surface area contributed by atoms with Crippen molar-refractivity contribution in [3.05, 3.63) is 84.1 Å². The highest BCUT2D eigenvalue weighted by molar-refractivity contribution is 5.89. The van der Waals surface area contributed by atoms with Gasteiger partial charge >= 0.3 is 12.2 Å². The number of hydrogen-bond donors (Lipinski definition) is 1. The third-order valence-corrected chi connectivity index (χ3v) is 6.02. The van der Waals surface area contributed by atoms with Crippen molar-refractivity contribution in [1.82, 2.24) is 14.8 Å². The number of nitrogens with one attached hydrogen (secondary N) is 1. The van der Waals surface area contributed by atoms with Crippen molar-refractivity contribution in [2.75, 3.05) is 25.0 Å². The summed E-state index contributed by atoms with van der Waals surface area (Å²) in [6, 6.07) is 13.6. The molecule has 0 saturated carbocycles. The first-order chi connectivity index (χ1) is 16.4. The predicted octanol–water partition coefficient (Wildman–Crippen LogP) is 5.43. The first-order valence-corrected chi connectivity index (χ1v) is 11.3. The fraction of sp³-hybridized carbons (Fsp3) is 0.360. The van der Waals surface area contributed by atoms with Gasteiger partial charge in [-0.3, -0.25) is 4.98 Å². The lowest BCUT2D eigenvalue weighted by Crippen LogP contribution is -2.48. The molecule has 1 saturated heterocycles. The number of piperidine rings is 1. The molecule has 180 valence electrons. The zero-order chi connectivity index (χ0) is 24.0. The summed E-state index contributed by atoms with van der Waals surface area (Å²) in [4.78, 5) is 21.5. The van der Waals surface area contributed by atoms with Gasteiger partial charge in [0.05, 0.1) is 18.4 Å². The molecule has 6 nitrogen and oxygen atoms in total. The van der Waals surface area contributed by atoms with E-state index in [0.29, 0.717) is 5.76 Å². The van der Waals surface area contributed by atoms with Crippen molar-refractivity contribution >= 4 is 11.7 Å². The second-order valence-electron chi connectivity index (χ2n) is 8.36. The number of furan rings is 1. The molecule has 1 fully saturated rings.